The number of rotatable bonds is 2. The summed E-state index contributed by atoms with van der Waals surface area (Å²) in [5, 5.41) is 0. The van der Waals surface area contributed by atoms with Gasteiger partial charge in [0.15, 0.2) is 0 Å². The minimum absolute atomic E-state index is 0.207. The van der Waals surface area contributed by atoms with Crippen molar-refractivity contribution in [1.29, 1.82) is 0 Å². The Labute approximate surface area is 95.3 Å². The average molecular weight is 221 g/mol. The average Bonchev–Trinajstić information content (AvgIpc) is 2.28. The first-order valence-electron chi connectivity index (χ1n) is 5.42. The summed E-state index contributed by atoms with van der Waals surface area (Å²) in [5.41, 5.74) is 1.75. The van der Waals surface area contributed by atoms with Crippen LogP contribution in [0.25, 0.3) is 5.57 Å². The van der Waals surface area contributed by atoms with Gasteiger partial charge in [0.2, 0.25) is 0 Å². The molecule has 0 fully saturated rings. The Morgan fingerprint density at radius 3 is 2.81 bits per heavy atom. The van der Waals surface area contributed by atoms with Crippen LogP contribution in [0.3, 0.4) is 0 Å². The highest BCUT2D eigenvalue weighted by Crippen LogP contribution is 2.25. The van der Waals surface area contributed by atoms with E-state index in [4.69, 9.17) is 4.74 Å². The Hall–Kier alpha value is -1.35. The van der Waals surface area contributed by atoms with E-state index in [9.17, 15) is 4.39 Å². The standard InChI is InChI=1S/C13H16FNO/c1-15-7-3-4-10(9-15)12-6-5-11(16-2)8-13(12)14/h4-6,8H,3,7,9H2,1-2H3. The Kier molecular flexibility index (Phi) is 3.25. The van der Waals surface area contributed by atoms with E-state index in [2.05, 4.69) is 18.0 Å². The highest BCUT2D eigenvalue weighted by atomic mass is 19.1. The van der Waals surface area contributed by atoms with Crippen molar-refractivity contribution >= 4 is 5.57 Å². The summed E-state index contributed by atoms with van der Waals surface area (Å²) < 4.78 is 18.8. The Bertz CT molecular complexity index is 414. The van der Waals surface area contributed by atoms with Crippen LogP contribution in [0.4, 0.5) is 4.39 Å². The van der Waals surface area contributed by atoms with Gasteiger partial charge in [0.25, 0.3) is 0 Å². The quantitative estimate of drug-likeness (QED) is 0.761. The molecule has 16 heavy (non-hydrogen) atoms. The highest BCUT2D eigenvalue weighted by molar-refractivity contribution is 5.68. The smallest absolute Gasteiger partial charge is 0.134 e. The van der Waals surface area contributed by atoms with Gasteiger partial charge in [-0.15, -0.1) is 0 Å². The van der Waals surface area contributed by atoms with Crippen LogP contribution in [0.15, 0.2) is 24.3 Å². The molecule has 1 heterocycles. The Morgan fingerprint density at radius 1 is 1.38 bits per heavy atom. The lowest BCUT2D eigenvalue weighted by molar-refractivity contribution is 0.372. The fourth-order valence-corrected chi connectivity index (χ4v) is 1.97. The SMILES string of the molecule is COc1ccc(C2=CCCN(C)C2)c(F)c1. The van der Waals surface area contributed by atoms with E-state index in [1.165, 1.54) is 6.07 Å². The molecule has 3 heteroatoms. The van der Waals surface area contributed by atoms with Gasteiger partial charge in [-0.05, 0) is 31.2 Å². The second kappa shape index (κ2) is 4.66. The van der Waals surface area contributed by atoms with Gasteiger partial charge in [-0.3, -0.25) is 0 Å². The second-order valence-electron chi connectivity index (χ2n) is 4.10. The van der Waals surface area contributed by atoms with E-state index in [-0.39, 0.29) is 5.82 Å². The van der Waals surface area contributed by atoms with E-state index in [0.717, 1.165) is 25.1 Å². The maximum Gasteiger partial charge on any atom is 0.134 e. The van der Waals surface area contributed by atoms with Crippen LogP contribution in [-0.4, -0.2) is 32.1 Å². The minimum Gasteiger partial charge on any atom is -0.497 e. The van der Waals surface area contributed by atoms with Crippen molar-refractivity contribution in [3.05, 3.63) is 35.7 Å². The molecule has 0 bridgehead atoms. The summed E-state index contributed by atoms with van der Waals surface area (Å²) >= 11 is 0. The monoisotopic (exact) mass is 221 g/mol. The van der Waals surface area contributed by atoms with Gasteiger partial charge in [-0.2, -0.15) is 0 Å². The lowest BCUT2D eigenvalue weighted by Crippen LogP contribution is -2.25. The molecule has 0 amide bonds. The molecule has 0 saturated carbocycles. The molecule has 86 valence electrons. The number of methoxy groups -OCH3 is 1. The van der Waals surface area contributed by atoms with Gasteiger partial charge >= 0.3 is 0 Å². The predicted molar refractivity (Wildman–Crippen MR) is 63.0 cm³/mol. The van der Waals surface area contributed by atoms with Gasteiger partial charge in [-0.1, -0.05) is 6.08 Å². The molecule has 0 aliphatic carbocycles. The van der Waals surface area contributed by atoms with Crippen molar-refractivity contribution in [2.75, 3.05) is 27.2 Å². The maximum atomic E-state index is 13.8. The van der Waals surface area contributed by atoms with Gasteiger partial charge < -0.3 is 9.64 Å². The first-order chi connectivity index (χ1) is 7.70. The fourth-order valence-electron chi connectivity index (χ4n) is 1.97. The molecular weight excluding hydrogens is 205 g/mol. The van der Waals surface area contributed by atoms with Crippen molar-refractivity contribution in [1.82, 2.24) is 4.90 Å². The lowest BCUT2D eigenvalue weighted by Gasteiger charge is -2.23. The van der Waals surface area contributed by atoms with Crippen LogP contribution < -0.4 is 4.74 Å². The van der Waals surface area contributed by atoms with Crippen LogP contribution >= 0.6 is 0 Å². The molecular formula is C13H16FNO. The minimum atomic E-state index is -0.207. The molecule has 1 aliphatic rings. The zero-order valence-electron chi connectivity index (χ0n) is 9.66. The number of benzene rings is 1. The molecule has 1 aromatic rings. The summed E-state index contributed by atoms with van der Waals surface area (Å²) in [6, 6.07) is 5.03. The Morgan fingerprint density at radius 2 is 2.19 bits per heavy atom. The lowest BCUT2D eigenvalue weighted by atomic mass is 10.0. The molecule has 2 nitrogen and oxygen atoms in total. The number of nitrogens with zero attached hydrogens (tertiary/aromatic N) is 1. The summed E-state index contributed by atoms with van der Waals surface area (Å²) in [5.74, 6) is 0.354. The summed E-state index contributed by atoms with van der Waals surface area (Å²) in [6.07, 6.45) is 3.10. The van der Waals surface area contributed by atoms with Crippen molar-refractivity contribution in [2.45, 2.75) is 6.42 Å². The van der Waals surface area contributed by atoms with Gasteiger partial charge in [0.05, 0.1) is 7.11 Å². The molecule has 0 radical (unpaired) electrons. The normalized spacial score (nSPS) is 17.1. The third kappa shape index (κ3) is 2.25. The maximum absolute atomic E-state index is 13.8. The van der Waals surface area contributed by atoms with E-state index in [1.807, 2.05) is 0 Å². The van der Waals surface area contributed by atoms with Crippen LogP contribution in [-0.2, 0) is 0 Å². The zero-order chi connectivity index (χ0) is 11.5. The summed E-state index contributed by atoms with van der Waals surface area (Å²) in [6.45, 7) is 1.85. The molecule has 1 aliphatic heterocycles. The highest BCUT2D eigenvalue weighted by Gasteiger charge is 2.14. The molecule has 0 N–H and O–H groups in total. The molecule has 0 spiro atoms. The Balaban J connectivity index is 2.30. The predicted octanol–water partition coefficient (Wildman–Crippen LogP) is 2.55. The third-order valence-electron chi connectivity index (χ3n) is 2.86. The van der Waals surface area contributed by atoms with Crippen molar-refractivity contribution in [3.8, 4) is 5.75 Å². The van der Waals surface area contributed by atoms with Crippen LogP contribution in [0, 0.1) is 5.82 Å². The number of halogens is 1. The number of likely N-dealkylation sites (N-methyl/N-ethyl adjacent to an activating group) is 1. The number of hydrogen-bond donors (Lipinski definition) is 0. The van der Waals surface area contributed by atoms with Crippen molar-refractivity contribution in [2.24, 2.45) is 0 Å². The number of hydrogen-bond acceptors (Lipinski definition) is 2. The van der Waals surface area contributed by atoms with Crippen LogP contribution in [0.1, 0.15) is 12.0 Å². The van der Waals surface area contributed by atoms with Crippen LogP contribution in [0.5, 0.6) is 5.75 Å². The van der Waals surface area contributed by atoms with Gasteiger partial charge in [0, 0.05) is 24.7 Å². The number of ether oxygens (including phenoxy) is 1. The second-order valence-corrected chi connectivity index (χ2v) is 4.10. The molecule has 2 rings (SSSR count). The van der Waals surface area contributed by atoms with E-state index >= 15 is 0 Å². The third-order valence-corrected chi connectivity index (χ3v) is 2.86. The van der Waals surface area contributed by atoms with Gasteiger partial charge in [0.1, 0.15) is 11.6 Å². The first kappa shape index (κ1) is 11.1. The molecule has 1 aromatic carbocycles. The van der Waals surface area contributed by atoms with E-state index in [0.29, 0.717) is 11.3 Å². The topological polar surface area (TPSA) is 12.5 Å². The van der Waals surface area contributed by atoms with E-state index < -0.39 is 0 Å². The molecule has 0 unspecified atom stereocenters. The van der Waals surface area contributed by atoms with Gasteiger partial charge in [-0.25, -0.2) is 4.39 Å². The zero-order valence-corrected chi connectivity index (χ0v) is 9.66. The molecule has 0 saturated heterocycles. The summed E-state index contributed by atoms with van der Waals surface area (Å²) in [4.78, 5) is 2.19. The molecule has 0 aromatic heterocycles. The van der Waals surface area contributed by atoms with Crippen molar-refractivity contribution < 1.29 is 9.13 Å². The summed E-state index contributed by atoms with van der Waals surface area (Å²) in [7, 11) is 3.59. The first-order valence-corrected chi connectivity index (χ1v) is 5.42. The fraction of sp³-hybridized carbons (Fsp3) is 0.385. The van der Waals surface area contributed by atoms with Crippen molar-refractivity contribution in [3.63, 3.8) is 0 Å². The van der Waals surface area contributed by atoms with E-state index in [1.54, 1.807) is 19.2 Å². The molecule has 0 atom stereocenters. The van der Waals surface area contributed by atoms with Crippen LogP contribution in [0.2, 0.25) is 0 Å². The largest absolute Gasteiger partial charge is 0.497 e.